The molecule has 0 amide bonds. The highest BCUT2D eigenvalue weighted by molar-refractivity contribution is 5.57. The molecular weight excluding hydrogens is 212 g/mol. The minimum atomic E-state index is 0.356. The zero-order chi connectivity index (χ0) is 11.7. The topological polar surface area (TPSA) is 24.5 Å². The number of fused-ring (bicyclic) bond motifs is 1. The molecule has 92 valence electrons. The standard InChI is InChI=1S/C14H20N2O/c1-16-8-2-3-11-9-12(4-5-14(11)16)17-13-6-7-15-10-13/h4-5,9,13,15H,2-3,6-8,10H2,1H3. The Bertz CT molecular complexity index is 399. The first-order valence-electron chi connectivity index (χ1n) is 6.54. The van der Waals surface area contributed by atoms with Gasteiger partial charge in [0, 0.05) is 25.8 Å². The molecule has 2 aliphatic heterocycles. The summed E-state index contributed by atoms with van der Waals surface area (Å²) in [4.78, 5) is 2.33. The summed E-state index contributed by atoms with van der Waals surface area (Å²) < 4.78 is 6.00. The maximum Gasteiger partial charge on any atom is 0.120 e. The second kappa shape index (κ2) is 4.57. The van der Waals surface area contributed by atoms with E-state index in [-0.39, 0.29) is 0 Å². The van der Waals surface area contributed by atoms with Gasteiger partial charge in [0.05, 0.1) is 0 Å². The van der Waals surface area contributed by atoms with Crippen LogP contribution in [0.25, 0.3) is 0 Å². The molecule has 1 saturated heterocycles. The Morgan fingerprint density at radius 3 is 3.18 bits per heavy atom. The molecule has 0 aliphatic carbocycles. The van der Waals surface area contributed by atoms with Gasteiger partial charge >= 0.3 is 0 Å². The van der Waals surface area contributed by atoms with Gasteiger partial charge in [-0.3, -0.25) is 0 Å². The smallest absolute Gasteiger partial charge is 0.120 e. The first kappa shape index (κ1) is 10.9. The predicted molar refractivity (Wildman–Crippen MR) is 69.9 cm³/mol. The fourth-order valence-corrected chi connectivity index (χ4v) is 2.76. The fourth-order valence-electron chi connectivity index (χ4n) is 2.76. The summed E-state index contributed by atoms with van der Waals surface area (Å²) in [6.07, 6.45) is 3.91. The lowest BCUT2D eigenvalue weighted by atomic mass is 10.0. The first-order valence-corrected chi connectivity index (χ1v) is 6.54. The van der Waals surface area contributed by atoms with Gasteiger partial charge in [0.2, 0.25) is 0 Å². The van der Waals surface area contributed by atoms with Gasteiger partial charge in [-0.15, -0.1) is 0 Å². The van der Waals surface area contributed by atoms with Crippen LogP contribution in [-0.2, 0) is 6.42 Å². The number of hydrogen-bond donors (Lipinski definition) is 1. The van der Waals surface area contributed by atoms with E-state index in [4.69, 9.17) is 4.74 Å². The Morgan fingerprint density at radius 2 is 2.35 bits per heavy atom. The molecular formula is C14H20N2O. The maximum atomic E-state index is 6.00. The van der Waals surface area contributed by atoms with E-state index in [1.807, 2.05) is 0 Å². The summed E-state index contributed by atoms with van der Waals surface area (Å²) in [5.41, 5.74) is 2.80. The largest absolute Gasteiger partial charge is 0.489 e. The number of hydrogen-bond acceptors (Lipinski definition) is 3. The van der Waals surface area contributed by atoms with Gasteiger partial charge in [-0.25, -0.2) is 0 Å². The minimum absolute atomic E-state index is 0.356. The Labute approximate surface area is 103 Å². The van der Waals surface area contributed by atoms with Gasteiger partial charge in [0.1, 0.15) is 11.9 Å². The minimum Gasteiger partial charge on any atom is -0.489 e. The van der Waals surface area contributed by atoms with Crippen molar-refractivity contribution in [1.29, 1.82) is 0 Å². The normalized spacial score (nSPS) is 23.6. The van der Waals surface area contributed by atoms with Gasteiger partial charge in [-0.1, -0.05) is 0 Å². The van der Waals surface area contributed by atoms with E-state index >= 15 is 0 Å². The van der Waals surface area contributed by atoms with Crippen LogP contribution >= 0.6 is 0 Å². The molecule has 2 heterocycles. The molecule has 1 aromatic carbocycles. The molecule has 2 aliphatic rings. The lowest BCUT2D eigenvalue weighted by Gasteiger charge is -2.28. The van der Waals surface area contributed by atoms with Crippen molar-refractivity contribution in [2.45, 2.75) is 25.4 Å². The van der Waals surface area contributed by atoms with Crippen LogP contribution in [0.5, 0.6) is 5.75 Å². The summed E-state index contributed by atoms with van der Waals surface area (Å²) in [7, 11) is 2.17. The third-order valence-electron chi connectivity index (χ3n) is 3.72. The van der Waals surface area contributed by atoms with E-state index in [2.05, 4.69) is 35.5 Å². The number of ether oxygens (including phenoxy) is 1. The van der Waals surface area contributed by atoms with Crippen molar-refractivity contribution in [3.8, 4) is 5.75 Å². The third kappa shape index (κ3) is 2.25. The van der Waals surface area contributed by atoms with Crippen LogP contribution in [0.15, 0.2) is 18.2 Å². The summed E-state index contributed by atoms with van der Waals surface area (Å²) in [6, 6.07) is 6.54. The highest BCUT2D eigenvalue weighted by atomic mass is 16.5. The molecule has 3 rings (SSSR count). The van der Waals surface area contributed by atoms with Crippen LogP contribution in [0.4, 0.5) is 5.69 Å². The van der Waals surface area contributed by atoms with Crippen LogP contribution in [0, 0.1) is 0 Å². The highest BCUT2D eigenvalue weighted by Gasteiger charge is 2.18. The van der Waals surface area contributed by atoms with Gasteiger partial charge in [0.15, 0.2) is 0 Å². The van der Waals surface area contributed by atoms with Gasteiger partial charge in [-0.05, 0) is 49.6 Å². The Morgan fingerprint density at radius 1 is 1.41 bits per heavy atom. The van der Waals surface area contributed by atoms with Crippen LogP contribution in [0.3, 0.4) is 0 Å². The summed E-state index contributed by atoms with van der Waals surface area (Å²) in [6.45, 7) is 3.23. The molecule has 0 aromatic heterocycles. The Hall–Kier alpha value is -1.22. The van der Waals surface area contributed by atoms with Gasteiger partial charge < -0.3 is 15.0 Å². The molecule has 17 heavy (non-hydrogen) atoms. The number of benzene rings is 1. The molecule has 1 atom stereocenters. The summed E-state index contributed by atoms with van der Waals surface area (Å²) in [5, 5.41) is 3.33. The quantitative estimate of drug-likeness (QED) is 0.841. The van der Waals surface area contributed by atoms with Gasteiger partial charge in [0.25, 0.3) is 0 Å². The van der Waals surface area contributed by atoms with E-state index < -0.39 is 0 Å². The van der Waals surface area contributed by atoms with Gasteiger partial charge in [-0.2, -0.15) is 0 Å². The van der Waals surface area contributed by atoms with Crippen molar-refractivity contribution >= 4 is 5.69 Å². The second-order valence-electron chi connectivity index (χ2n) is 5.05. The van der Waals surface area contributed by atoms with E-state index in [1.165, 1.54) is 30.6 Å². The van der Waals surface area contributed by atoms with Crippen molar-refractivity contribution in [3.05, 3.63) is 23.8 Å². The lowest BCUT2D eigenvalue weighted by Crippen LogP contribution is -2.25. The van der Waals surface area contributed by atoms with E-state index in [9.17, 15) is 0 Å². The average Bonchev–Trinajstić information content (AvgIpc) is 2.82. The number of aryl methyl sites for hydroxylation is 1. The maximum absolute atomic E-state index is 6.00. The molecule has 0 radical (unpaired) electrons. The Kier molecular flexibility index (Phi) is 2.93. The number of nitrogens with zero attached hydrogens (tertiary/aromatic N) is 1. The summed E-state index contributed by atoms with van der Waals surface area (Å²) >= 11 is 0. The molecule has 3 nitrogen and oxygen atoms in total. The molecule has 0 spiro atoms. The lowest BCUT2D eigenvalue weighted by molar-refractivity contribution is 0.223. The Balaban J connectivity index is 1.77. The molecule has 1 aromatic rings. The van der Waals surface area contributed by atoms with Crippen LogP contribution in [0.1, 0.15) is 18.4 Å². The van der Waals surface area contributed by atoms with E-state index in [0.29, 0.717) is 6.10 Å². The number of nitrogens with one attached hydrogen (secondary N) is 1. The van der Waals surface area contributed by atoms with Crippen molar-refractivity contribution in [2.75, 3.05) is 31.6 Å². The average molecular weight is 232 g/mol. The van der Waals surface area contributed by atoms with E-state index in [0.717, 1.165) is 25.3 Å². The summed E-state index contributed by atoms with van der Waals surface area (Å²) in [5.74, 6) is 1.03. The number of rotatable bonds is 2. The zero-order valence-corrected chi connectivity index (χ0v) is 10.4. The van der Waals surface area contributed by atoms with Crippen molar-refractivity contribution in [2.24, 2.45) is 0 Å². The molecule has 0 bridgehead atoms. The van der Waals surface area contributed by atoms with Crippen molar-refractivity contribution in [1.82, 2.24) is 5.32 Å². The van der Waals surface area contributed by atoms with Crippen molar-refractivity contribution in [3.63, 3.8) is 0 Å². The third-order valence-corrected chi connectivity index (χ3v) is 3.72. The van der Waals surface area contributed by atoms with E-state index in [1.54, 1.807) is 0 Å². The molecule has 1 unspecified atom stereocenters. The highest BCUT2D eigenvalue weighted by Crippen LogP contribution is 2.30. The van der Waals surface area contributed by atoms with Crippen LogP contribution in [-0.4, -0.2) is 32.8 Å². The predicted octanol–water partition coefficient (Wildman–Crippen LogP) is 1.81. The van der Waals surface area contributed by atoms with Crippen LogP contribution < -0.4 is 15.0 Å². The monoisotopic (exact) mass is 232 g/mol. The first-order chi connectivity index (χ1) is 8.33. The van der Waals surface area contributed by atoms with Crippen LogP contribution in [0.2, 0.25) is 0 Å². The number of anilines is 1. The SMILES string of the molecule is CN1CCCc2cc(OC3CCNC3)ccc21. The van der Waals surface area contributed by atoms with Crippen molar-refractivity contribution < 1.29 is 4.74 Å². The molecule has 3 heteroatoms. The molecule has 1 fully saturated rings. The molecule has 1 N–H and O–H groups in total. The zero-order valence-electron chi connectivity index (χ0n) is 10.4. The second-order valence-corrected chi connectivity index (χ2v) is 5.05. The fraction of sp³-hybridized carbons (Fsp3) is 0.571. The molecule has 0 saturated carbocycles.